The van der Waals surface area contributed by atoms with Crippen molar-refractivity contribution in [3.63, 3.8) is 0 Å². The van der Waals surface area contributed by atoms with Crippen LogP contribution in [0.5, 0.6) is 0 Å². The van der Waals surface area contributed by atoms with Crippen LogP contribution in [0.2, 0.25) is 0 Å². The van der Waals surface area contributed by atoms with E-state index in [2.05, 4.69) is 0 Å². The smallest absolute Gasteiger partial charge is 0.242 e. The van der Waals surface area contributed by atoms with E-state index in [1.54, 1.807) is 12.1 Å². The average molecular weight is 330 g/mol. The Hall–Kier alpha value is -2.51. The second-order valence-corrected chi connectivity index (χ2v) is 7.57. The van der Waals surface area contributed by atoms with Crippen molar-refractivity contribution in [2.75, 3.05) is 19.8 Å². The van der Waals surface area contributed by atoms with Crippen molar-refractivity contribution in [3.8, 4) is 0 Å². The predicted molar refractivity (Wildman–Crippen MR) is 85.0 cm³/mol. The minimum absolute atomic E-state index is 0.0326. The molecule has 1 aliphatic carbocycles. The number of nitrogen functional groups attached to an aromatic ring is 1. The molecule has 0 spiro atoms. The third-order valence-electron chi connectivity index (χ3n) is 3.83. The number of nitrogens with zero attached hydrogens (tertiary/aromatic N) is 1. The van der Waals surface area contributed by atoms with Gasteiger partial charge in [0.1, 0.15) is 0 Å². The molecule has 2 N–H and O–H groups in total. The lowest BCUT2D eigenvalue weighted by Crippen LogP contribution is -2.25. The van der Waals surface area contributed by atoms with Crippen LogP contribution >= 0.6 is 0 Å². The second kappa shape index (κ2) is 5.00. The molecule has 0 aromatic heterocycles. The van der Waals surface area contributed by atoms with Crippen molar-refractivity contribution < 1.29 is 18.0 Å². The van der Waals surface area contributed by atoms with E-state index in [1.807, 2.05) is 0 Å². The fourth-order valence-corrected chi connectivity index (χ4v) is 3.50. The predicted octanol–water partition coefficient (Wildman–Crippen LogP) is 1.29. The third kappa shape index (κ3) is 2.16. The number of fused-ring (bicyclic) bond motifs is 2. The Bertz CT molecular complexity index is 962. The summed E-state index contributed by atoms with van der Waals surface area (Å²) >= 11 is 0. The van der Waals surface area contributed by atoms with E-state index in [9.17, 15) is 18.0 Å². The van der Waals surface area contributed by atoms with E-state index in [1.165, 1.54) is 38.4 Å². The van der Waals surface area contributed by atoms with Gasteiger partial charge in [0, 0.05) is 36.5 Å². The van der Waals surface area contributed by atoms with E-state index in [0.717, 1.165) is 4.31 Å². The molecule has 7 heteroatoms. The molecule has 0 saturated heterocycles. The highest BCUT2D eigenvalue weighted by Crippen LogP contribution is 2.32. The molecule has 0 unspecified atom stereocenters. The topological polar surface area (TPSA) is 97.5 Å². The fraction of sp³-hybridized carbons (Fsp3) is 0.125. The highest BCUT2D eigenvalue weighted by atomic mass is 32.2. The van der Waals surface area contributed by atoms with Gasteiger partial charge in [0.25, 0.3) is 0 Å². The van der Waals surface area contributed by atoms with Crippen LogP contribution in [0, 0.1) is 0 Å². The number of carbonyl (C=O) groups excluding carboxylic acids is 2. The van der Waals surface area contributed by atoms with Gasteiger partial charge in [-0.2, -0.15) is 0 Å². The summed E-state index contributed by atoms with van der Waals surface area (Å²) in [7, 11) is -0.891. The van der Waals surface area contributed by atoms with Crippen LogP contribution < -0.4 is 5.73 Å². The quantitative estimate of drug-likeness (QED) is 0.714. The standard InChI is InChI=1S/C16H14N2O4S/c1-18(2)23(21,22)9-6-7-10-12(8-9)15(19)11-4-3-5-13(17)14(11)16(10)20/h3-8H,17H2,1-2H3. The molecule has 0 bridgehead atoms. The van der Waals surface area contributed by atoms with Crippen LogP contribution in [0.1, 0.15) is 31.8 Å². The number of rotatable bonds is 2. The zero-order chi connectivity index (χ0) is 16.9. The first-order chi connectivity index (χ1) is 10.7. The Morgan fingerprint density at radius 3 is 2.26 bits per heavy atom. The summed E-state index contributed by atoms with van der Waals surface area (Å²) in [6.45, 7) is 0. The van der Waals surface area contributed by atoms with Gasteiger partial charge in [-0.1, -0.05) is 12.1 Å². The molecule has 6 nitrogen and oxygen atoms in total. The van der Waals surface area contributed by atoms with E-state index < -0.39 is 15.8 Å². The molecular weight excluding hydrogens is 316 g/mol. The molecule has 0 fully saturated rings. The number of hydrogen-bond acceptors (Lipinski definition) is 5. The lowest BCUT2D eigenvalue weighted by molar-refractivity contribution is 0.0979. The van der Waals surface area contributed by atoms with Gasteiger partial charge in [0.2, 0.25) is 10.0 Å². The summed E-state index contributed by atoms with van der Waals surface area (Å²) in [5.41, 5.74) is 6.66. The number of nitrogens with two attached hydrogens (primary N) is 1. The summed E-state index contributed by atoms with van der Waals surface area (Å²) in [4.78, 5) is 25.2. The van der Waals surface area contributed by atoms with Crippen molar-refractivity contribution in [2.45, 2.75) is 4.90 Å². The van der Waals surface area contributed by atoms with Crippen molar-refractivity contribution in [1.82, 2.24) is 4.31 Å². The number of ketones is 2. The van der Waals surface area contributed by atoms with Gasteiger partial charge >= 0.3 is 0 Å². The zero-order valence-electron chi connectivity index (χ0n) is 12.5. The van der Waals surface area contributed by atoms with E-state index in [4.69, 9.17) is 5.73 Å². The number of anilines is 1. The second-order valence-electron chi connectivity index (χ2n) is 5.42. The highest BCUT2D eigenvalue weighted by Gasteiger charge is 2.32. The van der Waals surface area contributed by atoms with Crippen molar-refractivity contribution in [2.24, 2.45) is 0 Å². The molecule has 2 aromatic carbocycles. The Morgan fingerprint density at radius 2 is 1.61 bits per heavy atom. The largest absolute Gasteiger partial charge is 0.398 e. The van der Waals surface area contributed by atoms with Crippen LogP contribution in [0.15, 0.2) is 41.3 Å². The van der Waals surface area contributed by atoms with Gasteiger partial charge in [-0.15, -0.1) is 0 Å². The summed E-state index contributed by atoms with van der Waals surface area (Å²) < 4.78 is 25.5. The van der Waals surface area contributed by atoms with Gasteiger partial charge < -0.3 is 5.73 Å². The molecule has 3 rings (SSSR count). The maximum absolute atomic E-state index is 12.6. The molecule has 0 amide bonds. The first-order valence-electron chi connectivity index (χ1n) is 6.79. The minimum atomic E-state index is -3.69. The number of sulfonamides is 1. The van der Waals surface area contributed by atoms with Gasteiger partial charge in [0.05, 0.1) is 10.5 Å². The Morgan fingerprint density at radius 1 is 0.913 bits per heavy atom. The van der Waals surface area contributed by atoms with Crippen LogP contribution in [0.25, 0.3) is 0 Å². The summed E-state index contributed by atoms with van der Waals surface area (Å²) in [5, 5.41) is 0. The molecule has 1 aliphatic rings. The maximum Gasteiger partial charge on any atom is 0.242 e. The van der Waals surface area contributed by atoms with E-state index in [0.29, 0.717) is 0 Å². The number of hydrogen-bond donors (Lipinski definition) is 1. The van der Waals surface area contributed by atoms with Crippen LogP contribution in [0.3, 0.4) is 0 Å². The van der Waals surface area contributed by atoms with Crippen molar-refractivity contribution in [3.05, 3.63) is 58.7 Å². The summed E-state index contributed by atoms with van der Waals surface area (Å²) in [6.07, 6.45) is 0. The highest BCUT2D eigenvalue weighted by molar-refractivity contribution is 7.89. The Labute approximate surface area is 133 Å². The lowest BCUT2D eigenvalue weighted by atomic mass is 9.83. The molecule has 0 heterocycles. The molecule has 0 saturated carbocycles. The molecule has 0 aliphatic heterocycles. The maximum atomic E-state index is 12.6. The lowest BCUT2D eigenvalue weighted by Gasteiger charge is -2.20. The Balaban J connectivity index is 2.25. The van der Waals surface area contributed by atoms with Crippen molar-refractivity contribution >= 4 is 27.3 Å². The third-order valence-corrected chi connectivity index (χ3v) is 5.64. The Kier molecular flexibility index (Phi) is 3.35. The SMILES string of the molecule is CN(C)S(=O)(=O)c1ccc2c(c1)C(=O)c1cccc(N)c1C2=O. The number of carbonyl (C=O) groups is 2. The minimum Gasteiger partial charge on any atom is -0.398 e. The molecule has 2 aromatic rings. The monoisotopic (exact) mass is 330 g/mol. The van der Waals surface area contributed by atoms with Crippen LogP contribution in [-0.4, -0.2) is 38.4 Å². The van der Waals surface area contributed by atoms with Gasteiger partial charge in [-0.25, -0.2) is 12.7 Å². The summed E-state index contributed by atoms with van der Waals surface area (Å²) in [6, 6.07) is 8.59. The normalized spacial score (nSPS) is 13.9. The van der Waals surface area contributed by atoms with Crippen LogP contribution in [0.4, 0.5) is 5.69 Å². The van der Waals surface area contributed by atoms with Crippen molar-refractivity contribution in [1.29, 1.82) is 0 Å². The first kappa shape index (κ1) is 15.4. The molecule has 118 valence electrons. The molecular formula is C16H14N2O4S. The summed E-state index contributed by atoms with van der Waals surface area (Å²) in [5.74, 6) is -0.779. The van der Waals surface area contributed by atoms with Gasteiger partial charge in [-0.3, -0.25) is 9.59 Å². The van der Waals surface area contributed by atoms with E-state index in [-0.39, 0.29) is 38.6 Å². The molecule has 0 radical (unpaired) electrons. The molecule has 23 heavy (non-hydrogen) atoms. The van der Waals surface area contributed by atoms with Gasteiger partial charge in [0.15, 0.2) is 11.6 Å². The zero-order valence-corrected chi connectivity index (χ0v) is 13.3. The van der Waals surface area contributed by atoms with Crippen LogP contribution in [-0.2, 0) is 10.0 Å². The number of benzene rings is 2. The average Bonchev–Trinajstić information content (AvgIpc) is 2.51. The first-order valence-corrected chi connectivity index (χ1v) is 8.23. The van der Waals surface area contributed by atoms with E-state index >= 15 is 0 Å². The molecule has 0 atom stereocenters. The fourth-order valence-electron chi connectivity index (χ4n) is 2.57. The van der Waals surface area contributed by atoms with Gasteiger partial charge in [-0.05, 0) is 24.3 Å².